The molecular formula is C14H13F2N3OS. The van der Waals surface area contributed by atoms with Gasteiger partial charge in [-0.2, -0.15) is 5.10 Å². The second kappa shape index (κ2) is 5.16. The molecule has 3 rings (SSSR count). The average molecular weight is 309 g/mol. The number of aliphatic hydroxyl groups excluding tert-OH is 1. The van der Waals surface area contributed by atoms with E-state index in [0.29, 0.717) is 21.2 Å². The highest BCUT2D eigenvalue weighted by Gasteiger charge is 2.19. The molecule has 7 heteroatoms. The molecule has 21 heavy (non-hydrogen) atoms. The Morgan fingerprint density at radius 2 is 2.05 bits per heavy atom. The molecule has 0 radical (unpaired) electrons. The molecule has 0 unspecified atom stereocenters. The maximum atomic E-state index is 13.3. The van der Waals surface area contributed by atoms with Crippen molar-refractivity contribution < 1.29 is 13.9 Å². The number of hydrogen-bond donors (Lipinski definition) is 1. The monoisotopic (exact) mass is 309 g/mol. The van der Waals surface area contributed by atoms with Crippen LogP contribution in [-0.2, 0) is 6.61 Å². The van der Waals surface area contributed by atoms with Crippen molar-refractivity contribution in [2.24, 2.45) is 0 Å². The molecule has 0 aliphatic heterocycles. The second-order valence-corrected chi connectivity index (χ2v) is 5.94. The van der Waals surface area contributed by atoms with E-state index in [-0.39, 0.29) is 12.5 Å². The third-order valence-electron chi connectivity index (χ3n) is 3.19. The molecule has 2 aromatic heterocycles. The van der Waals surface area contributed by atoms with E-state index in [9.17, 15) is 13.9 Å². The van der Waals surface area contributed by atoms with E-state index < -0.39 is 11.6 Å². The molecule has 0 aliphatic carbocycles. The van der Waals surface area contributed by atoms with Gasteiger partial charge in [0.05, 0.1) is 18.0 Å². The molecule has 0 saturated carbocycles. The topological polar surface area (TPSA) is 50.4 Å². The van der Waals surface area contributed by atoms with E-state index in [1.54, 1.807) is 4.52 Å². The zero-order valence-electron chi connectivity index (χ0n) is 11.5. The van der Waals surface area contributed by atoms with Gasteiger partial charge < -0.3 is 5.11 Å². The number of imidazole rings is 1. The van der Waals surface area contributed by atoms with E-state index in [1.165, 1.54) is 17.4 Å². The van der Waals surface area contributed by atoms with Crippen molar-refractivity contribution in [3.8, 4) is 10.6 Å². The number of rotatable bonds is 3. The number of fused-ring (bicyclic) bond motifs is 1. The Balaban J connectivity index is 2.13. The summed E-state index contributed by atoms with van der Waals surface area (Å²) in [5.41, 5.74) is 1.91. The van der Waals surface area contributed by atoms with Crippen LogP contribution in [0.4, 0.5) is 8.78 Å². The van der Waals surface area contributed by atoms with Crippen molar-refractivity contribution in [3.05, 3.63) is 41.2 Å². The molecule has 0 fully saturated rings. The van der Waals surface area contributed by atoms with Crippen LogP contribution >= 0.6 is 11.3 Å². The van der Waals surface area contributed by atoms with Crippen LogP contribution < -0.4 is 0 Å². The quantitative estimate of drug-likeness (QED) is 0.807. The van der Waals surface area contributed by atoms with E-state index >= 15 is 0 Å². The Hall–Kier alpha value is -1.86. The summed E-state index contributed by atoms with van der Waals surface area (Å²) in [6.45, 7) is 3.80. The van der Waals surface area contributed by atoms with E-state index in [1.807, 2.05) is 13.8 Å². The van der Waals surface area contributed by atoms with Gasteiger partial charge in [0.25, 0.3) is 0 Å². The van der Waals surface area contributed by atoms with Gasteiger partial charge in [-0.25, -0.2) is 18.3 Å². The molecule has 0 saturated heterocycles. The van der Waals surface area contributed by atoms with Gasteiger partial charge >= 0.3 is 0 Å². The fourth-order valence-electron chi connectivity index (χ4n) is 2.16. The third-order valence-corrected chi connectivity index (χ3v) is 4.15. The summed E-state index contributed by atoms with van der Waals surface area (Å²) in [6, 6.07) is 3.65. The summed E-state index contributed by atoms with van der Waals surface area (Å²) in [7, 11) is 0. The highest BCUT2D eigenvalue weighted by Crippen LogP contribution is 2.30. The summed E-state index contributed by atoms with van der Waals surface area (Å²) in [5.74, 6) is -1.63. The molecule has 0 atom stereocenters. The SMILES string of the molecule is CC(C)c1nc2sc(-c3ccc(F)c(F)c3)nn2c1CO. The molecule has 1 N–H and O–H groups in total. The van der Waals surface area contributed by atoms with Crippen LogP contribution in [0.1, 0.15) is 31.2 Å². The summed E-state index contributed by atoms with van der Waals surface area (Å²) in [6.07, 6.45) is 0. The van der Waals surface area contributed by atoms with Crippen molar-refractivity contribution in [2.75, 3.05) is 0 Å². The summed E-state index contributed by atoms with van der Waals surface area (Å²) in [5, 5.41) is 14.4. The maximum absolute atomic E-state index is 13.3. The highest BCUT2D eigenvalue weighted by atomic mass is 32.1. The second-order valence-electron chi connectivity index (χ2n) is 4.99. The van der Waals surface area contributed by atoms with Gasteiger partial charge in [0.1, 0.15) is 5.01 Å². The molecule has 0 amide bonds. The Labute approximate surface area is 123 Å². The molecule has 1 aromatic carbocycles. The first-order valence-electron chi connectivity index (χ1n) is 6.46. The Morgan fingerprint density at radius 3 is 2.67 bits per heavy atom. The minimum absolute atomic E-state index is 0.171. The van der Waals surface area contributed by atoms with E-state index in [2.05, 4.69) is 10.1 Å². The van der Waals surface area contributed by atoms with Crippen LogP contribution in [0.5, 0.6) is 0 Å². The summed E-state index contributed by atoms with van der Waals surface area (Å²) in [4.78, 5) is 5.09. The predicted molar refractivity (Wildman–Crippen MR) is 76.2 cm³/mol. The molecule has 2 heterocycles. The van der Waals surface area contributed by atoms with Crippen LogP contribution in [0.15, 0.2) is 18.2 Å². The number of aromatic nitrogens is 3. The number of hydrogen-bond acceptors (Lipinski definition) is 4. The largest absolute Gasteiger partial charge is 0.390 e. The molecule has 3 aromatic rings. The first-order chi connectivity index (χ1) is 10.0. The number of aliphatic hydroxyl groups is 1. The van der Waals surface area contributed by atoms with Gasteiger partial charge in [-0.05, 0) is 24.1 Å². The van der Waals surface area contributed by atoms with Gasteiger partial charge in [-0.15, -0.1) is 0 Å². The lowest BCUT2D eigenvalue weighted by Gasteiger charge is -2.03. The lowest BCUT2D eigenvalue weighted by Crippen LogP contribution is -1.99. The lowest BCUT2D eigenvalue weighted by molar-refractivity contribution is 0.272. The first kappa shape index (κ1) is 14.1. The van der Waals surface area contributed by atoms with Crippen LogP contribution in [0.3, 0.4) is 0 Å². The minimum Gasteiger partial charge on any atom is -0.390 e. The first-order valence-corrected chi connectivity index (χ1v) is 7.27. The van der Waals surface area contributed by atoms with Gasteiger partial charge in [0.2, 0.25) is 4.96 Å². The summed E-state index contributed by atoms with van der Waals surface area (Å²) < 4.78 is 27.8. The lowest BCUT2D eigenvalue weighted by atomic mass is 10.1. The smallest absolute Gasteiger partial charge is 0.213 e. The Kier molecular flexibility index (Phi) is 3.46. The molecule has 0 spiro atoms. The van der Waals surface area contributed by atoms with Gasteiger partial charge in [-0.1, -0.05) is 25.2 Å². The fraction of sp³-hybridized carbons (Fsp3) is 0.286. The van der Waals surface area contributed by atoms with Crippen molar-refractivity contribution in [1.29, 1.82) is 0 Å². The molecule has 4 nitrogen and oxygen atoms in total. The van der Waals surface area contributed by atoms with Crippen molar-refractivity contribution in [3.63, 3.8) is 0 Å². The summed E-state index contributed by atoms with van der Waals surface area (Å²) >= 11 is 1.27. The molecular weight excluding hydrogens is 296 g/mol. The van der Waals surface area contributed by atoms with Gasteiger partial charge in [0.15, 0.2) is 11.6 Å². The van der Waals surface area contributed by atoms with Crippen molar-refractivity contribution in [2.45, 2.75) is 26.4 Å². The zero-order valence-corrected chi connectivity index (χ0v) is 12.3. The van der Waals surface area contributed by atoms with E-state index in [4.69, 9.17) is 0 Å². The minimum atomic E-state index is -0.911. The number of halogens is 2. The Bertz CT molecular complexity index is 810. The fourth-order valence-corrected chi connectivity index (χ4v) is 3.08. The molecule has 0 aliphatic rings. The predicted octanol–water partition coefficient (Wildman–Crippen LogP) is 3.35. The van der Waals surface area contributed by atoms with Crippen LogP contribution in [0, 0.1) is 11.6 Å². The third kappa shape index (κ3) is 2.32. The molecule has 0 bridgehead atoms. The van der Waals surface area contributed by atoms with E-state index in [0.717, 1.165) is 17.8 Å². The van der Waals surface area contributed by atoms with Crippen LogP contribution in [0.25, 0.3) is 15.5 Å². The van der Waals surface area contributed by atoms with Crippen molar-refractivity contribution in [1.82, 2.24) is 14.6 Å². The normalized spacial score (nSPS) is 11.7. The van der Waals surface area contributed by atoms with Gasteiger partial charge in [-0.3, -0.25) is 0 Å². The Morgan fingerprint density at radius 1 is 1.29 bits per heavy atom. The van der Waals surface area contributed by atoms with Crippen LogP contribution in [0.2, 0.25) is 0 Å². The standard InChI is InChI=1S/C14H13F2N3OS/c1-7(2)12-11(6-20)19-14(17-12)21-13(18-19)8-3-4-9(15)10(16)5-8/h3-5,7,20H,6H2,1-2H3. The van der Waals surface area contributed by atoms with Gasteiger partial charge in [0, 0.05) is 5.56 Å². The average Bonchev–Trinajstić information content (AvgIpc) is 2.98. The van der Waals surface area contributed by atoms with Crippen molar-refractivity contribution >= 4 is 16.3 Å². The zero-order chi connectivity index (χ0) is 15.1. The maximum Gasteiger partial charge on any atom is 0.213 e. The molecule has 110 valence electrons. The van der Waals surface area contributed by atoms with Crippen LogP contribution in [-0.4, -0.2) is 19.7 Å². The number of nitrogens with zero attached hydrogens (tertiary/aromatic N) is 3. The highest BCUT2D eigenvalue weighted by molar-refractivity contribution is 7.19. The number of benzene rings is 1.